The molecule has 2 aromatic rings. The van der Waals surface area contributed by atoms with Gasteiger partial charge < -0.3 is 28.8 Å². The lowest BCUT2D eigenvalue weighted by molar-refractivity contribution is -0.180. The first-order chi connectivity index (χ1) is 16.3. The molecule has 0 aromatic heterocycles. The van der Waals surface area contributed by atoms with Gasteiger partial charge in [0.2, 0.25) is 11.6 Å². The van der Waals surface area contributed by atoms with Gasteiger partial charge in [-0.1, -0.05) is 24.3 Å². The molecule has 0 amide bonds. The van der Waals surface area contributed by atoms with Crippen LogP contribution in [0.1, 0.15) is 70.7 Å². The summed E-state index contributed by atoms with van der Waals surface area (Å²) in [5.74, 6) is 0.234. The molecule has 35 heavy (non-hydrogen) atoms. The summed E-state index contributed by atoms with van der Waals surface area (Å²) in [6.07, 6.45) is 0.879. The van der Waals surface area contributed by atoms with E-state index in [1.807, 2.05) is 84.9 Å². The number of fused-ring (bicyclic) bond motifs is 2. The monoisotopic (exact) mass is 486 g/mol. The third kappa shape index (κ3) is 7.69. The van der Waals surface area contributed by atoms with E-state index in [4.69, 9.17) is 28.8 Å². The minimum atomic E-state index is -0.627. The van der Waals surface area contributed by atoms with Gasteiger partial charge in [-0.15, -0.1) is 0 Å². The highest BCUT2D eigenvalue weighted by Gasteiger charge is 2.30. The van der Waals surface area contributed by atoms with Crippen LogP contribution >= 0.6 is 0 Å². The zero-order chi connectivity index (χ0) is 25.9. The smallest absolute Gasteiger partial charge is 0.310 e. The van der Waals surface area contributed by atoms with E-state index in [9.17, 15) is 4.79 Å². The third-order valence-corrected chi connectivity index (χ3v) is 5.44. The molecular formula is C28H38O7. The second-order valence-electron chi connectivity index (χ2n) is 10.6. The molecule has 0 bridgehead atoms. The van der Waals surface area contributed by atoms with Gasteiger partial charge in [0.05, 0.1) is 19.6 Å². The molecule has 2 aromatic carbocycles. The van der Waals surface area contributed by atoms with Crippen molar-refractivity contribution >= 4 is 5.97 Å². The average Bonchev–Trinajstić information content (AvgIpc) is 2.71. The van der Waals surface area contributed by atoms with Crippen LogP contribution in [0.4, 0.5) is 0 Å². The normalized spacial score (nSPS) is 17.5. The molecule has 4 rings (SSSR count). The summed E-state index contributed by atoms with van der Waals surface area (Å²) in [6, 6.07) is 11.6. The maximum absolute atomic E-state index is 11.9. The number of hydrogen-bond donors (Lipinski definition) is 1. The zero-order valence-corrected chi connectivity index (χ0v) is 21.9. The minimum Gasteiger partial charge on any atom is -0.463 e. The molecule has 0 saturated heterocycles. The molecule has 7 heteroatoms. The number of esters is 1. The van der Waals surface area contributed by atoms with Crippen LogP contribution in [0.25, 0.3) is 0 Å². The van der Waals surface area contributed by atoms with Gasteiger partial charge in [-0.2, -0.15) is 0 Å². The van der Waals surface area contributed by atoms with Crippen LogP contribution in [-0.2, 0) is 45.1 Å². The fourth-order valence-electron chi connectivity index (χ4n) is 3.87. The minimum absolute atomic E-state index is 0.153. The van der Waals surface area contributed by atoms with E-state index in [0.29, 0.717) is 19.6 Å². The molecule has 0 atom stereocenters. The van der Waals surface area contributed by atoms with E-state index >= 15 is 0 Å². The molecule has 7 nitrogen and oxygen atoms in total. The van der Waals surface area contributed by atoms with Crippen LogP contribution in [0.2, 0.25) is 0 Å². The van der Waals surface area contributed by atoms with Crippen molar-refractivity contribution in [1.82, 2.24) is 0 Å². The number of aliphatic hydroxyl groups excluding tert-OH is 1. The third-order valence-electron chi connectivity index (χ3n) is 5.44. The van der Waals surface area contributed by atoms with Gasteiger partial charge in [0.1, 0.15) is 17.1 Å². The van der Waals surface area contributed by atoms with Crippen LogP contribution in [-0.4, -0.2) is 34.9 Å². The number of rotatable bonds is 4. The number of carbonyl (C=O) groups excluding carboxylic acids is 1. The highest BCUT2D eigenvalue weighted by molar-refractivity contribution is 5.74. The van der Waals surface area contributed by atoms with E-state index < -0.39 is 17.2 Å². The molecule has 0 unspecified atom stereocenters. The average molecular weight is 487 g/mol. The highest BCUT2D eigenvalue weighted by Crippen LogP contribution is 2.34. The Kier molecular flexibility index (Phi) is 8.14. The Bertz CT molecular complexity index is 1030. The van der Waals surface area contributed by atoms with Crippen molar-refractivity contribution in [1.29, 1.82) is 0 Å². The predicted molar refractivity (Wildman–Crippen MR) is 132 cm³/mol. The molecule has 0 aliphatic carbocycles. The SMILES string of the molecule is CC(C)(C)OC(=O)Cc1cccc2c1COC(C)(C)O2.CC1(C)OCc2c(CCO)cccc2O1. The predicted octanol–water partition coefficient (Wildman–Crippen LogP) is 5.08. The fraction of sp³-hybridized carbons (Fsp3) is 0.536. The summed E-state index contributed by atoms with van der Waals surface area (Å²) in [5.41, 5.74) is 3.52. The van der Waals surface area contributed by atoms with Crippen molar-refractivity contribution in [2.75, 3.05) is 6.61 Å². The van der Waals surface area contributed by atoms with Crippen molar-refractivity contribution in [2.45, 2.75) is 91.7 Å². The van der Waals surface area contributed by atoms with Crippen LogP contribution in [0.15, 0.2) is 36.4 Å². The number of carbonyl (C=O) groups is 1. The standard InChI is InChI=1S/C16H22O4.C12H16O3/c1-15(2,3)20-14(17)9-11-7-6-8-13-12(11)10-18-16(4,5)19-13;1-12(2)14-8-10-9(6-7-13)4-3-5-11(10)15-12/h6-8H,9-10H2,1-5H3;3-5,13H,6-8H2,1-2H3. The van der Waals surface area contributed by atoms with Crippen molar-refractivity contribution in [3.8, 4) is 11.5 Å². The van der Waals surface area contributed by atoms with Crippen molar-refractivity contribution in [2.24, 2.45) is 0 Å². The van der Waals surface area contributed by atoms with Crippen LogP contribution in [0.5, 0.6) is 11.5 Å². The molecule has 2 heterocycles. The van der Waals surface area contributed by atoms with Gasteiger partial charge in [0, 0.05) is 45.4 Å². The van der Waals surface area contributed by atoms with Gasteiger partial charge in [-0.05, 0) is 50.5 Å². The van der Waals surface area contributed by atoms with Crippen molar-refractivity contribution in [3.63, 3.8) is 0 Å². The fourth-order valence-corrected chi connectivity index (χ4v) is 3.87. The molecule has 2 aliphatic rings. The first-order valence-corrected chi connectivity index (χ1v) is 12.0. The number of aliphatic hydroxyl groups is 1. The molecule has 1 N–H and O–H groups in total. The van der Waals surface area contributed by atoms with Gasteiger partial charge >= 0.3 is 5.97 Å². The molecule has 0 radical (unpaired) electrons. The Balaban J connectivity index is 0.000000203. The van der Waals surface area contributed by atoms with E-state index in [1.54, 1.807) is 0 Å². The Morgan fingerprint density at radius 2 is 1.37 bits per heavy atom. The number of hydrogen-bond acceptors (Lipinski definition) is 7. The van der Waals surface area contributed by atoms with Crippen LogP contribution in [0.3, 0.4) is 0 Å². The summed E-state index contributed by atoms with van der Waals surface area (Å²) >= 11 is 0. The van der Waals surface area contributed by atoms with Gasteiger partial charge in [-0.25, -0.2) is 0 Å². The molecule has 0 saturated carbocycles. The maximum Gasteiger partial charge on any atom is 0.310 e. The van der Waals surface area contributed by atoms with Crippen molar-refractivity contribution in [3.05, 3.63) is 58.7 Å². The van der Waals surface area contributed by atoms with Gasteiger partial charge in [0.25, 0.3) is 0 Å². The topological polar surface area (TPSA) is 83.5 Å². The lowest BCUT2D eigenvalue weighted by atomic mass is 10.0. The summed E-state index contributed by atoms with van der Waals surface area (Å²) in [6.45, 7) is 14.3. The van der Waals surface area contributed by atoms with Gasteiger partial charge in [0.15, 0.2) is 0 Å². The largest absolute Gasteiger partial charge is 0.463 e. The summed E-state index contributed by atoms with van der Waals surface area (Å²) in [5, 5.41) is 8.94. The first kappa shape index (κ1) is 27.0. The Labute approximate surface area is 208 Å². The lowest BCUT2D eigenvalue weighted by Crippen LogP contribution is -2.35. The van der Waals surface area contributed by atoms with Crippen molar-refractivity contribution < 1.29 is 33.6 Å². The molecule has 0 spiro atoms. The zero-order valence-electron chi connectivity index (χ0n) is 21.9. The second kappa shape index (κ2) is 10.6. The molecule has 2 aliphatic heterocycles. The Morgan fingerprint density at radius 1 is 0.886 bits per heavy atom. The van der Waals surface area contributed by atoms with E-state index in [0.717, 1.165) is 33.8 Å². The number of benzene rings is 2. The first-order valence-electron chi connectivity index (χ1n) is 12.0. The summed E-state index contributed by atoms with van der Waals surface area (Å²) in [7, 11) is 0. The Morgan fingerprint density at radius 3 is 1.86 bits per heavy atom. The molecular weight excluding hydrogens is 448 g/mol. The quantitative estimate of drug-likeness (QED) is 0.603. The molecule has 192 valence electrons. The van der Waals surface area contributed by atoms with Gasteiger partial charge in [-0.3, -0.25) is 4.79 Å². The highest BCUT2D eigenvalue weighted by atomic mass is 16.7. The number of ether oxygens (including phenoxy) is 5. The summed E-state index contributed by atoms with van der Waals surface area (Å²) < 4.78 is 28.0. The summed E-state index contributed by atoms with van der Waals surface area (Å²) in [4.78, 5) is 11.9. The lowest BCUT2D eigenvalue weighted by Gasteiger charge is -2.33. The van der Waals surface area contributed by atoms with E-state index in [1.165, 1.54) is 0 Å². The van der Waals surface area contributed by atoms with E-state index in [2.05, 4.69) is 0 Å². The maximum atomic E-state index is 11.9. The second-order valence-corrected chi connectivity index (χ2v) is 10.6. The molecule has 0 fully saturated rings. The van der Waals surface area contributed by atoms with Crippen LogP contribution < -0.4 is 9.47 Å². The Hall–Kier alpha value is -2.61. The van der Waals surface area contributed by atoms with Crippen LogP contribution in [0, 0.1) is 0 Å². The van der Waals surface area contributed by atoms with E-state index in [-0.39, 0.29) is 19.0 Å².